The monoisotopic (exact) mass is 300 g/mol. The van der Waals surface area contributed by atoms with E-state index >= 15 is 0 Å². The van der Waals surface area contributed by atoms with Crippen LogP contribution in [0.4, 0.5) is 5.69 Å². The van der Waals surface area contributed by atoms with Gasteiger partial charge in [0, 0.05) is 4.90 Å². The maximum Gasteiger partial charge on any atom is 0.237 e. The highest BCUT2D eigenvalue weighted by atomic mass is 32.2. The number of imide groups is 1. The molecule has 0 spiro atoms. The van der Waals surface area contributed by atoms with Crippen LogP contribution in [0.1, 0.15) is 26.2 Å². The molecule has 3 atom stereocenters. The van der Waals surface area contributed by atoms with Gasteiger partial charge in [0.05, 0.1) is 17.5 Å². The molecule has 3 rings (SSSR count). The first-order valence-electron chi connectivity index (χ1n) is 7.15. The van der Waals surface area contributed by atoms with Crippen LogP contribution in [0.3, 0.4) is 0 Å². The molecule has 1 aliphatic heterocycles. The fourth-order valence-corrected chi connectivity index (χ4v) is 3.74. The van der Waals surface area contributed by atoms with Gasteiger partial charge in [-0.1, -0.05) is 6.92 Å². The number of thioether (sulfide) groups is 1. The Bertz CT molecular complexity index is 620. The molecule has 0 bridgehead atoms. The number of amides is 2. The van der Waals surface area contributed by atoms with E-state index in [1.807, 2.05) is 5.40 Å². The summed E-state index contributed by atoms with van der Waals surface area (Å²) in [6.45, 7) is 2.14. The summed E-state index contributed by atoms with van der Waals surface area (Å²) in [7, 11) is 0. The Morgan fingerprint density at radius 1 is 1.14 bits per heavy atom. The second-order valence-electron chi connectivity index (χ2n) is 5.83. The van der Waals surface area contributed by atoms with E-state index in [1.165, 1.54) is 4.90 Å². The second-order valence-corrected chi connectivity index (χ2v) is 6.69. The molecule has 5 heteroatoms. The fraction of sp³-hybridized carbons (Fsp3) is 0.438. The van der Waals surface area contributed by atoms with Crippen molar-refractivity contribution in [2.75, 3.05) is 4.90 Å². The molecule has 3 unspecified atom stereocenters. The molecule has 1 saturated carbocycles. The van der Waals surface area contributed by atoms with E-state index in [0.717, 1.165) is 35.9 Å². The number of benzene rings is 1. The lowest BCUT2D eigenvalue weighted by Crippen LogP contribution is -2.30. The van der Waals surface area contributed by atoms with Crippen LogP contribution in [0, 0.1) is 28.4 Å². The molecular formula is C16H16N2O2S. The van der Waals surface area contributed by atoms with Gasteiger partial charge in [-0.15, -0.1) is 0 Å². The van der Waals surface area contributed by atoms with Gasteiger partial charge < -0.3 is 0 Å². The molecule has 1 aliphatic carbocycles. The normalized spacial score (nSPS) is 28.4. The van der Waals surface area contributed by atoms with Crippen molar-refractivity contribution in [3.63, 3.8) is 0 Å². The number of fused-ring (bicyclic) bond motifs is 1. The summed E-state index contributed by atoms with van der Waals surface area (Å²) in [5.74, 6) is 0.114. The van der Waals surface area contributed by atoms with Crippen LogP contribution in [-0.2, 0) is 9.59 Å². The van der Waals surface area contributed by atoms with Crippen molar-refractivity contribution in [1.29, 1.82) is 5.26 Å². The van der Waals surface area contributed by atoms with Crippen LogP contribution in [-0.4, -0.2) is 11.8 Å². The minimum absolute atomic E-state index is 0.0578. The first-order chi connectivity index (χ1) is 10.1. The minimum atomic E-state index is -0.144. The average molecular weight is 300 g/mol. The van der Waals surface area contributed by atoms with E-state index in [9.17, 15) is 9.59 Å². The molecule has 0 N–H and O–H groups in total. The Morgan fingerprint density at radius 3 is 2.48 bits per heavy atom. The number of nitrogens with zero attached hydrogens (tertiary/aromatic N) is 2. The molecule has 1 heterocycles. The number of carbonyl (C=O) groups excluding carboxylic acids is 2. The van der Waals surface area contributed by atoms with Crippen LogP contribution in [0.5, 0.6) is 0 Å². The van der Waals surface area contributed by atoms with E-state index < -0.39 is 0 Å². The van der Waals surface area contributed by atoms with Crippen molar-refractivity contribution in [2.45, 2.75) is 31.1 Å². The molecule has 108 valence electrons. The minimum Gasteiger partial charge on any atom is -0.274 e. The molecule has 1 saturated heterocycles. The summed E-state index contributed by atoms with van der Waals surface area (Å²) >= 11 is 1.07. The van der Waals surface area contributed by atoms with E-state index in [4.69, 9.17) is 5.26 Å². The van der Waals surface area contributed by atoms with E-state index in [-0.39, 0.29) is 23.7 Å². The van der Waals surface area contributed by atoms with E-state index in [2.05, 4.69) is 6.92 Å². The van der Waals surface area contributed by atoms with Crippen LogP contribution < -0.4 is 4.90 Å². The lowest BCUT2D eigenvalue weighted by Gasteiger charge is -2.25. The van der Waals surface area contributed by atoms with Gasteiger partial charge in [-0.25, -0.2) is 0 Å². The Kier molecular flexibility index (Phi) is 3.73. The quantitative estimate of drug-likeness (QED) is 0.478. The summed E-state index contributed by atoms with van der Waals surface area (Å²) in [5.41, 5.74) is 0.620. The third-order valence-electron chi connectivity index (χ3n) is 4.45. The van der Waals surface area contributed by atoms with Gasteiger partial charge in [0.2, 0.25) is 11.8 Å². The molecule has 0 aromatic heterocycles. The van der Waals surface area contributed by atoms with Gasteiger partial charge >= 0.3 is 0 Å². The molecule has 0 radical (unpaired) electrons. The van der Waals surface area contributed by atoms with Gasteiger partial charge in [-0.05, 0) is 61.2 Å². The van der Waals surface area contributed by atoms with Crippen LogP contribution in [0.15, 0.2) is 29.2 Å². The molecular weight excluding hydrogens is 284 g/mol. The zero-order chi connectivity index (χ0) is 15.0. The first-order valence-corrected chi connectivity index (χ1v) is 7.97. The molecule has 2 aliphatic rings. The molecule has 21 heavy (non-hydrogen) atoms. The summed E-state index contributed by atoms with van der Waals surface area (Å²) < 4.78 is 0. The van der Waals surface area contributed by atoms with Gasteiger partial charge in [-0.3, -0.25) is 14.5 Å². The molecule has 2 fully saturated rings. The highest BCUT2D eigenvalue weighted by Gasteiger charge is 2.49. The standard InChI is InChI=1S/C16H16N2O2S/c1-10-2-7-13-14(8-10)16(20)18(15(13)19)11-3-5-12(6-4-11)21-9-17/h3-6,10,13-14H,2,7-8H2,1H3. The maximum absolute atomic E-state index is 12.6. The Balaban J connectivity index is 1.87. The molecule has 2 amide bonds. The molecule has 1 aromatic carbocycles. The lowest BCUT2D eigenvalue weighted by molar-refractivity contribution is -0.122. The van der Waals surface area contributed by atoms with Crippen molar-refractivity contribution in [3.8, 4) is 5.40 Å². The fourth-order valence-electron chi connectivity index (χ4n) is 3.36. The van der Waals surface area contributed by atoms with Crippen LogP contribution in [0.25, 0.3) is 0 Å². The maximum atomic E-state index is 12.6. The second kappa shape index (κ2) is 5.53. The highest BCUT2D eigenvalue weighted by Crippen LogP contribution is 2.42. The van der Waals surface area contributed by atoms with Gasteiger partial charge in [0.1, 0.15) is 5.40 Å². The topological polar surface area (TPSA) is 61.2 Å². The largest absolute Gasteiger partial charge is 0.274 e. The number of rotatable bonds is 2. The predicted molar refractivity (Wildman–Crippen MR) is 80.4 cm³/mol. The Labute approximate surface area is 128 Å². The highest BCUT2D eigenvalue weighted by molar-refractivity contribution is 8.03. The summed E-state index contributed by atoms with van der Waals surface area (Å²) in [6.07, 6.45) is 2.65. The number of anilines is 1. The summed E-state index contributed by atoms with van der Waals surface area (Å²) in [6, 6.07) is 7.04. The van der Waals surface area contributed by atoms with Gasteiger partial charge in [0.25, 0.3) is 0 Å². The van der Waals surface area contributed by atoms with Crippen molar-refractivity contribution in [2.24, 2.45) is 17.8 Å². The van der Waals surface area contributed by atoms with Gasteiger partial charge in [-0.2, -0.15) is 5.26 Å². The number of carbonyl (C=O) groups is 2. The van der Waals surface area contributed by atoms with E-state index in [0.29, 0.717) is 11.6 Å². The third kappa shape index (κ3) is 2.44. The van der Waals surface area contributed by atoms with Gasteiger partial charge in [0.15, 0.2) is 0 Å². The zero-order valence-corrected chi connectivity index (χ0v) is 12.6. The number of nitriles is 1. The Hall–Kier alpha value is -1.80. The predicted octanol–water partition coefficient (Wildman–Crippen LogP) is 3.19. The zero-order valence-electron chi connectivity index (χ0n) is 11.8. The van der Waals surface area contributed by atoms with Crippen molar-refractivity contribution < 1.29 is 9.59 Å². The molecule has 4 nitrogen and oxygen atoms in total. The third-order valence-corrected chi connectivity index (χ3v) is 5.05. The first kappa shape index (κ1) is 14.2. The number of thiocyanates is 1. The summed E-state index contributed by atoms with van der Waals surface area (Å²) in [4.78, 5) is 27.2. The molecule has 1 aromatic rings. The van der Waals surface area contributed by atoms with E-state index in [1.54, 1.807) is 24.3 Å². The van der Waals surface area contributed by atoms with Crippen molar-refractivity contribution >= 4 is 29.3 Å². The lowest BCUT2D eigenvalue weighted by atomic mass is 9.76. The Morgan fingerprint density at radius 2 is 1.81 bits per heavy atom. The van der Waals surface area contributed by atoms with Crippen LogP contribution in [0.2, 0.25) is 0 Å². The van der Waals surface area contributed by atoms with Crippen molar-refractivity contribution in [3.05, 3.63) is 24.3 Å². The summed E-state index contributed by atoms with van der Waals surface area (Å²) in [5, 5.41) is 10.6. The smallest absolute Gasteiger partial charge is 0.237 e. The average Bonchev–Trinajstić information content (AvgIpc) is 2.72. The number of hydrogen-bond donors (Lipinski definition) is 0. The van der Waals surface area contributed by atoms with Crippen molar-refractivity contribution in [1.82, 2.24) is 0 Å². The SMILES string of the molecule is CC1CCC2C(=O)N(c3ccc(SC#N)cc3)C(=O)C2C1. The number of hydrogen-bond acceptors (Lipinski definition) is 4. The van der Waals surface area contributed by atoms with Crippen LogP contribution >= 0.6 is 11.8 Å².